The highest BCUT2D eigenvalue weighted by Crippen LogP contribution is 2.43. The predicted octanol–water partition coefficient (Wildman–Crippen LogP) is 5.03. The third kappa shape index (κ3) is 5.22. The molecule has 3 aliphatic rings. The van der Waals surface area contributed by atoms with Crippen LogP contribution in [0, 0.1) is 6.92 Å². The van der Waals surface area contributed by atoms with E-state index >= 15 is 0 Å². The number of fused-ring (bicyclic) bond motifs is 3. The van der Waals surface area contributed by atoms with Crippen LogP contribution >= 0.6 is 22.9 Å². The zero-order valence-corrected chi connectivity index (χ0v) is 23.2. The van der Waals surface area contributed by atoms with Crippen molar-refractivity contribution in [2.45, 2.75) is 103 Å². The van der Waals surface area contributed by atoms with Gasteiger partial charge in [-0.25, -0.2) is 4.98 Å². The molecule has 2 saturated heterocycles. The third-order valence-electron chi connectivity index (χ3n) is 8.26. The van der Waals surface area contributed by atoms with Gasteiger partial charge in [0.25, 0.3) is 0 Å². The Morgan fingerprint density at radius 3 is 2.61 bits per heavy atom. The number of carbonyl (C=O) groups excluding carboxylic acids is 2. The van der Waals surface area contributed by atoms with E-state index in [1.165, 1.54) is 18.5 Å². The highest BCUT2D eigenvalue weighted by Gasteiger charge is 2.42. The minimum Gasteiger partial charge on any atom is -0.349 e. The van der Waals surface area contributed by atoms with Gasteiger partial charge in [-0.2, -0.15) is 0 Å². The second-order valence-corrected chi connectivity index (χ2v) is 12.4. The minimum atomic E-state index is 0.00141. The molecule has 2 aromatic heterocycles. The summed E-state index contributed by atoms with van der Waals surface area (Å²) in [6.45, 7) is 8.23. The van der Waals surface area contributed by atoms with Crippen LogP contribution in [0.15, 0.2) is 12.1 Å². The largest absolute Gasteiger partial charge is 0.349 e. The maximum Gasteiger partial charge on any atom is 0.222 e. The Balaban J connectivity index is 1.25. The van der Waals surface area contributed by atoms with E-state index in [1.54, 1.807) is 18.3 Å². The van der Waals surface area contributed by atoms with Crippen molar-refractivity contribution >= 4 is 34.8 Å². The van der Waals surface area contributed by atoms with Crippen LogP contribution in [0.3, 0.4) is 0 Å². The molecule has 9 heteroatoms. The molecule has 2 aromatic rings. The van der Waals surface area contributed by atoms with Gasteiger partial charge in [0.05, 0.1) is 22.6 Å². The number of amides is 2. The van der Waals surface area contributed by atoms with E-state index in [9.17, 15) is 9.59 Å². The molecule has 2 fully saturated rings. The standard InChI is InChI=1S/C27H38ClN5O2S/c1-4-5-27(35)31-12-11-24-23(16-31)29-17(2)33(24)21-14-19-6-7-20(15-21)32(19)13-10-22(30-18(3)34)25-8-9-26(28)36-25/h8-9,19-22H,4-7,10-16H2,1-3H3,(H,30,34)/t19-,20+,21?,22-/m0/s1. The Kier molecular flexibility index (Phi) is 7.75. The smallest absolute Gasteiger partial charge is 0.222 e. The molecule has 0 aromatic carbocycles. The number of thiophene rings is 1. The number of carbonyl (C=O) groups is 2. The lowest BCUT2D eigenvalue weighted by Gasteiger charge is -2.41. The molecule has 5 rings (SSSR count). The number of hydrogen-bond donors (Lipinski definition) is 1. The van der Waals surface area contributed by atoms with Gasteiger partial charge < -0.3 is 14.8 Å². The van der Waals surface area contributed by atoms with Gasteiger partial charge in [-0.1, -0.05) is 18.5 Å². The molecular formula is C27H38ClN5O2S. The summed E-state index contributed by atoms with van der Waals surface area (Å²) in [6, 6.07) is 5.59. The summed E-state index contributed by atoms with van der Waals surface area (Å²) in [6.07, 6.45) is 8.10. The van der Waals surface area contributed by atoms with Gasteiger partial charge in [0, 0.05) is 61.6 Å². The maximum absolute atomic E-state index is 12.4. The van der Waals surface area contributed by atoms with E-state index in [0.29, 0.717) is 31.1 Å². The number of nitrogens with one attached hydrogen (secondary N) is 1. The first-order valence-electron chi connectivity index (χ1n) is 13.5. The molecule has 2 amide bonds. The first-order chi connectivity index (χ1) is 17.3. The number of aromatic nitrogens is 2. The van der Waals surface area contributed by atoms with Gasteiger partial charge in [0.1, 0.15) is 5.82 Å². The van der Waals surface area contributed by atoms with Crippen molar-refractivity contribution in [3.63, 3.8) is 0 Å². The fourth-order valence-electron chi connectivity index (χ4n) is 6.76. The quantitative estimate of drug-likeness (QED) is 0.519. The average molecular weight is 532 g/mol. The molecule has 0 aliphatic carbocycles. The van der Waals surface area contributed by atoms with Crippen LogP contribution in [0.1, 0.15) is 93.0 Å². The predicted molar refractivity (Wildman–Crippen MR) is 143 cm³/mol. The zero-order valence-electron chi connectivity index (χ0n) is 21.6. The van der Waals surface area contributed by atoms with Gasteiger partial charge in [-0.05, 0) is 57.6 Å². The highest BCUT2D eigenvalue weighted by atomic mass is 35.5. The van der Waals surface area contributed by atoms with Gasteiger partial charge in [0.2, 0.25) is 11.8 Å². The summed E-state index contributed by atoms with van der Waals surface area (Å²) in [4.78, 5) is 35.1. The number of aryl methyl sites for hydroxylation is 1. The topological polar surface area (TPSA) is 70.5 Å². The van der Waals surface area contributed by atoms with Crippen LogP contribution in [0.25, 0.3) is 0 Å². The number of hydrogen-bond acceptors (Lipinski definition) is 5. The summed E-state index contributed by atoms with van der Waals surface area (Å²) in [5.41, 5.74) is 2.46. The number of imidazole rings is 1. The summed E-state index contributed by atoms with van der Waals surface area (Å²) < 4.78 is 3.28. The average Bonchev–Trinajstić information content (AvgIpc) is 3.48. The lowest BCUT2D eigenvalue weighted by Crippen LogP contribution is -2.45. The Labute approximate surface area is 223 Å². The van der Waals surface area contributed by atoms with E-state index in [1.807, 2.05) is 17.0 Å². The monoisotopic (exact) mass is 531 g/mol. The molecule has 3 aliphatic heterocycles. The second-order valence-electron chi connectivity index (χ2n) is 10.7. The number of halogens is 1. The van der Waals surface area contributed by atoms with Crippen molar-refractivity contribution in [1.29, 1.82) is 0 Å². The molecule has 7 nitrogen and oxygen atoms in total. The van der Waals surface area contributed by atoms with Crippen LogP contribution in [-0.2, 0) is 22.6 Å². The maximum atomic E-state index is 12.4. The van der Waals surface area contributed by atoms with Gasteiger partial charge in [-0.3, -0.25) is 14.5 Å². The van der Waals surface area contributed by atoms with Crippen molar-refractivity contribution < 1.29 is 9.59 Å². The lowest BCUT2D eigenvalue weighted by atomic mass is 9.95. The molecule has 0 spiro atoms. The molecule has 0 radical (unpaired) electrons. The van der Waals surface area contributed by atoms with E-state index < -0.39 is 0 Å². The van der Waals surface area contributed by atoms with Crippen molar-refractivity contribution in [1.82, 2.24) is 24.7 Å². The Morgan fingerprint density at radius 1 is 1.22 bits per heavy atom. The van der Waals surface area contributed by atoms with Crippen molar-refractivity contribution in [2.75, 3.05) is 13.1 Å². The Bertz CT molecular complexity index is 1100. The van der Waals surface area contributed by atoms with Crippen LogP contribution in [-0.4, -0.2) is 56.3 Å². The van der Waals surface area contributed by atoms with Crippen LogP contribution < -0.4 is 5.32 Å². The highest BCUT2D eigenvalue weighted by molar-refractivity contribution is 7.16. The first kappa shape index (κ1) is 25.7. The Hall–Kier alpha value is -1.90. The van der Waals surface area contributed by atoms with E-state index in [2.05, 4.69) is 28.6 Å². The van der Waals surface area contributed by atoms with Gasteiger partial charge >= 0.3 is 0 Å². The van der Waals surface area contributed by atoms with E-state index in [4.69, 9.17) is 16.6 Å². The summed E-state index contributed by atoms with van der Waals surface area (Å²) in [5.74, 6) is 1.36. The number of piperidine rings is 1. The van der Waals surface area contributed by atoms with Gasteiger partial charge in [0.15, 0.2) is 0 Å². The molecular weight excluding hydrogens is 494 g/mol. The zero-order chi connectivity index (χ0) is 25.4. The van der Waals surface area contributed by atoms with Crippen LogP contribution in [0.4, 0.5) is 0 Å². The summed E-state index contributed by atoms with van der Waals surface area (Å²) >= 11 is 7.74. The van der Waals surface area contributed by atoms with Gasteiger partial charge in [-0.15, -0.1) is 11.3 Å². The fraction of sp³-hybridized carbons (Fsp3) is 0.667. The van der Waals surface area contributed by atoms with Crippen molar-refractivity contribution in [2.24, 2.45) is 0 Å². The SMILES string of the molecule is CCCC(=O)N1CCc2c(nc(C)n2C2C[C@H]3CC[C@@H](C2)N3CC[C@H](NC(C)=O)c2ccc(Cl)s2)C1. The number of rotatable bonds is 8. The fourth-order valence-corrected chi connectivity index (χ4v) is 7.90. The Morgan fingerprint density at radius 2 is 1.97 bits per heavy atom. The number of nitrogens with zero attached hydrogens (tertiary/aromatic N) is 4. The molecule has 196 valence electrons. The van der Waals surface area contributed by atoms with Crippen molar-refractivity contribution in [3.8, 4) is 0 Å². The van der Waals surface area contributed by atoms with Crippen molar-refractivity contribution in [3.05, 3.63) is 38.6 Å². The first-order valence-corrected chi connectivity index (χ1v) is 14.7. The van der Waals surface area contributed by atoms with Crippen LogP contribution in [0.5, 0.6) is 0 Å². The summed E-state index contributed by atoms with van der Waals surface area (Å²) in [5, 5.41) is 3.14. The lowest BCUT2D eigenvalue weighted by molar-refractivity contribution is -0.132. The van der Waals surface area contributed by atoms with Crippen LogP contribution in [0.2, 0.25) is 4.34 Å². The third-order valence-corrected chi connectivity index (χ3v) is 9.61. The summed E-state index contributed by atoms with van der Waals surface area (Å²) in [7, 11) is 0. The van der Waals surface area contributed by atoms with E-state index in [0.717, 1.165) is 65.9 Å². The molecule has 1 N–H and O–H groups in total. The normalized spacial score (nSPS) is 24.6. The molecule has 0 saturated carbocycles. The molecule has 1 unspecified atom stereocenters. The molecule has 36 heavy (non-hydrogen) atoms. The van der Waals surface area contributed by atoms with E-state index in [-0.39, 0.29) is 17.9 Å². The second kappa shape index (κ2) is 10.8. The molecule has 4 atom stereocenters. The minimum absolute atomic E-state index is 0.00141. The molecule has 5 heterocycles. The molecule has 2 bridgehead atoms.